The van der Waals surface area contributed by atoms with Crippen LogP contribution < -0.4 is 11.5 Å². The zero-order chi connectivity index (χ0) is 12.5. The molecule has 0 aliphatic carbocycles. The van der Waals surface area contributed by atoms with Crippen molar-refractivity contribution in [2.75, 3.05) is 0 Å². The SMILES string of the molecule is CC(C)[C@@H](C(N)=O)N1C(=O)CCC1C(N)=O. The largest absolute Gasteiger partial charge is 0.368 e. The average molecular weight is 227 g/mol. The van der Waals surface area contributed by atoms with Crippen LogP contribution in [0.5, 0.6) is 0 Å². The average Bonchev–Trinajstić information content (AvgIpc) is 2.47. The Bertz CT molecular complexity index is 327. The van der Waals surface area contributed by atoms with Gasteiger partial charge in [-0.3, -0.25) is 14.4 Å². The second-order valence-corrected chi connectivity index (χ2v) is 4.35. The molecule has 0 bridgehead atoms. The smallest absolute Gasteiger partial charge is 0.240 e. The van der Waals surface area contributed by atoms with Crippen LogP contribution in [0.3, 0.4) is 0 Å². The van der Waals surface area contributed by atoms with E-state index in [2.05, 4.69) is 0 Å². The lowest BCUT2D eigenvalue weighted by molar-refractivity contribution is -0.142. The summed E-state index contributed by atoms with van der Waals surface area (Å²) < 4.78 is 0. The Hall–Kier alpha value is -1.59. The van der Waals surface area contributed by atoms with E-state index in [-0.39, 0.29) is 18.2 Å². The highest BCUT2D eigenvalue weighted by Crippen LogP contribution is 2.24. The molecule has 1 aliphatic rings. The maximum absolute atomic E-state index is 11.6. The second kappa shape index (κ2) is 4.51. The van der Waals surface area contributed by atoms with Crippen LogP contribution in [0.1, 0.15) is 26.7 Å². The molecule has 1 unspecified atom stereocenters. The molecule has 2 atom stereocenters. The summed E-state index contributed by atoms with van der Waals surface area (Å²) in [6, 6.07) is -1.46. The summed E-state index contributed by atoms with van der Waals surface area (Å²) in [6.45, 7) is 3.55. The van der Waals surface area contributed by atoms with Gasteiger partial charge in [0.15, 0.2) is 0 Å². The van der Waals surface area contributed by atoms with Gasteiger partial charge in [-0.25, -0.2) is 0 Å². The molecule has 6 heteroatoms. The Morgan fingerprint density at radius 1 is 1.38 bits per heavy atom. The molecule has 1 saturated heterocycles. The topological polar surface area (TPSA) is 106 Å². The predicted molar refractivity (Wildman–Crippen MR) is 56.9 cm³/mol. The Morgan fingerprint density at radius 3 is 2.31 bits per heavy atom. The van der Waals surface area contributed by atoms with Crippen LogP contribution in [-0.4, -0.2) is 34.7 Å². The summed E-state index contributed by atoms with van der Waals surface area (Å²) in [5.41, 5.74) is 10.5. The van der Waals surface area contributed by atoms with Crippen LogP contribution in [0.4, 0.5) is 0 Å². The number of carbonyl (C=O) groups is 3. The number of nitrogens with two attached hydrogens (primary N) is 2. The lowest BCUT2D eigenvalue weighted by atomic mass is 10.0. The fourth-order valence-electron chi connectivity index (χ4n) is 2.12. The Morgan fingerprint density at radius 2 is 1.94 bits per heavy atom. The van der Waals surface area contributed by atoms with Crippen LogP contribution >= 0.6 is 0 Å². The molecule has 6 nitrogen and oxygen atoms in total. The number of rotatable bonds is 4. The van der Waals surface area contributed by atoms with Gasteiger partial charge < -0.3 is 16.4 Å². The first-order valence-electron chi connectivity index (χ1n) is 5.26. The lowest BCUT2D eigenvalue weighted by Crippen LogP contribution is -2.55. The maximum atomic E-state index is 11.6. The second-order valence-electron chi connectivity index (χ2n) is 4.35. The van der Waals surface area contributed by atoms with Crippen molar-refractivity contribution >= 4 is 17.7 Å². The molecule has 1 heterocycles. The summed E-state index contributed by atoms with van der Waals surface area (Å²) in [5.74, 6) is -1.56. The molecule has 0 radical (unpaired) electrons. The van der Waals surface area contributed by atoms with Crippen LogP contribution in [0.15, 0.2) is 0 Å². The van der Waals surface area contributed by atoms with E-state index in [1.54, 1.807) is 13.8 Å². The van der Waals surface area contributed by atoms with Crippen molar-refractivity contribution in [2.45, 2.75) is 38.8 Å². The Labute approximate surface area is 93.9 Å². The highest BCUT2D eigenvalue weighted by molar-refractivity contribution is 5.94. The summed E-state index contributed by atoms with van der Waals surface area (Å²) in [6.07, 6.45) is 0.606. The summed E-state index contributed by atoms with van der Waals surface area (Å²) in [7, 11) is 0. The number of carbonyl (C=O) groups excluding carboxylic acids is 3. The fraction of sp³-hybridized carbons (Fsp3) is 0.700. The minimum atomic E-state index is -0.757. The standard InChI is InChI=1S/C10H17N3O3/c1-5(2)8(10(12)16)13-6(9(11)15)3-4-7(13)14/h5-6,8H,3-4H2,1-2H3,(H2,11,15)(H2,12,16)/t6?,8-/m0/s1. The third-order valence-electron chi connectivity index (χ3n) is 2.81. The number of likely N-dealkylation sites (tertiary alicyclic amines) is 1. The van der Waals surface area contributed by atoms with Crippen molar-refractivity contribution in [2.24, 2.45) is 17.4 Å². The third kappa shape index (κ3) is 2.15. The third-order valence-corrected chi connectivity index (χ3v) is 2.81. The van der Waals surface area contributed by atoms with Gasteiger partial charge >= 0.3 is 0 Å². The minimum absolute atomic E-state index is 0.138. The quantitative estimate of drug-likeness (QED) is 0.641. The van der Waals surface area contributed by atoms with E-state index in [0.717, 1.165) is 0 Å². The van der Waals surface area contributed by atoms with Crippen molar-refractivity contribution in [1.82, 2.24) is 4.90 Å². The van der Waals surface area contributed by atoms with Crippen molar-refractivity contribution in [1.29, 1.82) is 0 Å². The van der Waals surface area contributed by atoms with Gasteiger partial charge in [0.25, 0.3) is 0 Å². The molecule has 3 amide bonds. The zero-order valence-electron chi connectivity index (χ0n) is 9.47. The molecule has 16 heavy (non-hydrogen) atoms. The van der Waals surface area contributed by atoms with Crippen molar-refractivity contribution in [3.05, 3.63) is 0 Å². The summed E-state index contributed by atoms with van der Waals surface area (Å²) in [4.78, 5) is 35.4. The first-order chi connectivity index (χ1) is 7.36. The van der Waals surface area contributed by atoms with E-state index in [0.29, 0.717) is 6.42 Å². The molecular formula is C10H17N3O3. The summed E-state index contributed by atoms with van der Waals surface area (Å²) >= 11 is 0. The van der Waals surface area contributed by atoms with Crippen molar-refractivity contribution in [3.63, 3.8) is 0 Å². The zero-order valence-corrected chi connectivity index (χ0v) is 9.47. The molecule has 0 aromatic heterocycles. The molecule has 1 aliphatic heterocycles. The molecular weight excluding hydrogens is 210 g/mol. The van der Waals surface area contributed by atoms with Gasteiger partial charge in [-0.2, -0.15) is 0 Å². The van der Waals surface area contributed by atoms with E-state index in [1.807, 2.05) is 0 Å². The van der Waals surface area contributed by atoms with Crippen LogP contribution in [-0.2, 0) is 14.4 Å². The van der Waals surface area contributed by atoms with Gasteiger partial charge in [-0.1, -0.05) is 13.8 Å². The number of hydrogen-bond donors (Lipinski definition) is 2. The van der Waals surface area contributed by atoms with E-state index >= 15 is 0 Å². The minimum Gasteiger partial charge on any atom is -0.368 e. The van der Waals surface area contributed by atoms with E-state index < -0.39 is 23.9 Å². The van der Waals surface area contributed by atoms with E-state index in [1.165, 1.54) is 4.90 Å². The number of hydrogen-bond acceptors (Lipinski definition) is 3. The molecule has 4 N–H and O–H groups in total. The van der Waals surface area contributed by atoms with E-state index in [4.69, 9.17) is 11.5 Å². The van der Waals surface area contributed by atoms with Crippen molar-refractivity contribution in [3.8, 4) is 0 Å². The number of nitrogens with zero attached hydrogens (tertiary/aromatic N) is 1. The first-order valence-corrected chi connectivity index (χ1v) is 5.26. The molecule has 1 rings (SSSR count). The lowest BCUT2D eigenvalue weighted by Gasteiger charge is -2.32. The number of amides is 3. The molecule has 0 saturated carbocycles. The summed E-state index contributed by atoms with van der Waals surface area (Å²) in [5, 5.41) is 0. The number of primary amides is 2. The molecule has 0 aromatic carbocycles. The predicted octanol–water partition coefficient (Wildman–Crippen LogP) is -1.03. The van der Waals surface area contributed by atoms with Gasteiger partial charge in [0.1, 0.15) is 12.1 Å². The normalized spacial score (nSPS) is 22.6. The van der Waals surface area contributed by atoms with Gasteiger partial charge in [0, 0.05) is 6.42 Å². The Balaban J connectivity index is 3.01. The molecule has 0 spiro atoms. The Kier molecular flexibility index (Phi) is 3.51. The van der Waals surface area contributed by atoms with Crippen molar-refractivity contribution < 1.29 is 14.4 Å². The maximum Gasteiger partial charge on any atom is 0.240 e. The molecule has 1 fully saturated rings. The fourth-order valence-corrected chi connectivity index (χ4v) is 2.12. The van der Waals surface area contributed by atoms with E-state index in [9.17, 15) is 14.4 Å². The van der Waals surface area contributed by atoms with Gasteiger partial charge in [-0.05, 0) is 12.3 Å². The van der Waals surface area contributed by atoms with Crippen LogP contribution in [0, 0.1) is 5.92 Å². The first kappa shape index (κ1) is 12.5. The molecule has 0 aromatic rings. The van der Waals surface area contributed by atoms with Gasteiger partial charge in [-0.15, -0.1) is 0 Å². The van der Waals surface area contributed by atoms with Gasteiger partial charge in [0.2, 0.25) is 17.7 Å². The highest BCUT2D eigenvalue weighted by Gasteiger charge is 2.42. The van der Waals surface area contributed by atoms with Crippen LogP contribution in [0.25, 0.3) is 0 Å². The van der Waals surface area contributed by atoms with Gasteiger partial charge in [0.05, 0.1) is 0 Å². The highest BCUT2D eigenvalue weighted by atomic mass is 16.2. The van der Waals surface area contributed by atoms with Crippen LogP contribution in [0.2, 0.25) is 0 Å². The monoisotopic (exact) mass is 227 g/mol. The molecule has 90 valence electrons.